The lowest BCUT2D eigenvalue weighted by atomic mass is 9.92. The Kier molecular flexibility index (Phi) is 10.1. The molecule has 0 spiro atoms. The molecule has 0 radical (unpaired) electrons. The minimum atomic E-state index is -1.76. The SMILES string of the molecule is CNC(=O)[C@@](C)(C(=O)COC1CCCCO1)N(C)C(=O)c1ccc(C#Cc2ccc(COC3COC3)cc2)cc1. The Labute approximate surface area is 235 Å². The van der Waals surface area contributed by atoms with Crippen molar-refractivity contribution in [3.63, 3.8) is 0 Å². The molecule has 212 valence electrons. The maximum Gasteiger partial charge on any atom is 0.254 e. The highest BCUT2D eigenvalue weighted by Crippen LogP contribution is 2.21. The predicted molar refractivity (Wildman–Crippen MR) is 147 cm³/mol. The van der Waals surface area contributed by atoms with Crippen molar-refractivity contribution < 1.29 is 33.3 Å². The van der Waals surface area contributed by atoms with E-state index in [0.29, 0.717) is 38.4 Å². The molecule has 2 aliphatic heterocycles. The Hall–Kier alpha value is -3.55. The highest BCUT2D eigenvalue weighted by atomic mass is 16.7. The highest BCUT2D eigenvalue weighted by Gasteiger charge is 2.46. The van der Waals surface area contributed by atoms with E-state index in [1.807, 2.05) is 24.3 Å². The van der Waals surface area contributed by atoms with Gasteiger partial charge in [-0.05, 0) is 68.1 Å². The first-order valence-corrected chi connectivity index (χ1v) is 13.5. The van der Waals surface area contributed by atoms with E-state index in [2.05, 4.69) is 17.2 Å². The second kappa shape index (κ2) is 13.7. The van der Waals surface area contributed by atoms with Crippen LogP contribution in [0.15, 0.2) is 48.5 Å². The predicted octanol–water partition coefficient (Wildman–Crippen LogP) is 2.69. The Bertz CT molecular complexity index is 1240. The number of amides is 2. The van der Waals surface area contributed by atoms with Crippen LogP contribution in [0.1, 0.15) is 53.2 Å². The molecule has 2 aliphatic rings. The van der Waals surface area contributed by atoms with Crippen LogP contribution >= 0.6 is 0 Å². The van der Waals surface area contributed by atoms with Gasteiger partial charge in [-0.3, -0.25) is 14.4 Å². The molecule has 2 aromatic rings. The van der Waals surface area contributed by atoms with E-state index in [1.54, 1.807) is 24.3 Å². The van der Waals surface area contributed by atoms with Gasteiger partial charge in [0.05, 0.1) is 19.8 Å². The van der Waals surface area contributed by atoms with Crippen LogP contribution in [-0.2, 0) is 35.1 Å². The van der Waals surface area contributed by atoms with E-state index in [0.717, 1.165) is 34.4 Å². The second-order valence-electron chi connectivity index (χ2n) is 10.0. The topological polar surface area (TPSA) is 103 Å². The number of benzene rings is 2. The molecule has 0 saturated carbocycles. The summed E-state index contributed by atoms with van der Waals surface area (Å²) < 4.78 is 22.0. The third-order valence-electron chi connectivity index (χ3n) is 7.26. The number of likely N-dealkylation sites (N-methyl/N-ethyl adjacent to an activating group) is 2. The summed E-state index contributed by atoms with van der Waals surface area (Å²) in [6, 6.07) is 14.6. The summed E-state index contributed by atoms with van der Waals surface area (Å²) in [5, 5.41) is 2.50. The minimum Gasteiger partial charge on any atom is -0.376 e. The molecule has 9 heteroatoms. The summed E-state index contributed by atoms with van der Waals surface area (Å²) in [4.78, 5) is 40.5. The van der Waals surface area contributed by atoms with E-state index in [9.17, 15) is 14.4 Å². The number of carbonyl (C=O) groups excluding carboxylic acids is 3. The number of nitrogens with zero attached hydrogens (tertiary/aromatic N) is 1. The number of ketones is 1. The van der Waals surface area contributed by atoms with Gasteiger partial charge in [0, 0.05) is 37.4 Å². The summed E-state index contributed by atoms with van der Waals surface area (Å²) in [6.07, 6.45) is 2.28. The average molecular weight is 549 g/mol. The van der Waals surface area contributed by atoms with Crippen molar-refractivity contribution in [2.45, 2.75) is 50.7 Å². The van der Waals surface area contributed by atoms with Crippen LogP contribution in [-0.4, -0.2) is 81.0 Å². The van der Waals surface area contributed by atoms with Crippen LogP contribution in [0.25, 0.3) is 0 Å². The van der Waals surface area contributed by atoms with Crippen molar-refractivity contribution in [1.82, 2.24) is 10.2 Å². The normalized spacial score (nSPS) is 18.4. The fourth-order valence-corrected chi connectivity index (χ4v) is 4.31. The molecule has 4 rings (SSSR count). The Morgan fingerprint density at radius 3 is 2.20 bits per heavy atom. The number of carbonyl (C=O) groups is 3. The number of Topliss-reactive ketones (excluding diaryl/α,β-unsaturated/α-hetero) is 1. The molecular weight excluding hydrogens is 512 g/mol. The summed E-state index contributed by atoms with van der Waals surface area (Å²) in [5.41, 5.74) is 1.22. The fraction of sp³-hybridized carbons (Fsp3) is 0.452. The molecule has 2 heterocycles. The van der Waals surface area contributed by atoms with Crippen molar-refractivity contribution in [3.05, 3.63) is 70.8 Å². The van der Waals surface area contributed by atoms with Gasteiger partial charge in [-0.1, -0.05) is 24.0 Å². The lowest BCUT2D eigenvalue weighted by molar-refractivity contribution is -0.174. The summed E-state index contributed by atoms with van der Waals surface area (Å²) in [5.74, 6) is 4.62. The molecule has 0 aliphatic carbocycles. The molecule has 2 fully saturated rings. The van der Waals surface area contributed by atoms with Gasteiger partial charge in [0.15, 0.2) is 17.6 Å². The molecule has 1 N–H and O–H groups in total. The quantitative estimate of drug-likeness (QED) is 0.360. The van der Waals surface area contributed by atoms with Gasteiger partial charge in [0.2, 0.25) is 0 Å². The monoisotopic (exact) mass is 548 g/mol. The molecule has 2 saturated heterocycles. The number of hydrogen-bond acceptors (Lipinski definition) is 7. The van der Waals surface area contributed by atoms with E-state index >= 15 is 0 Å². The first-order valence-electron chi connectivity index (χ1n) is 13.5. The molecular formula is C31H36N2O7. The molecule has 2 aromatic carbocycles. The zero-order valence-corrected chi connectivity index (χ0v) is 23.2. The number of ether oxygens (including phenoxy) is 4. The highest BCUT2D eigenvalue weighted by molar-refractivity contribution is 6.14. The molecule has 40 heavy (non-hydrogen) atoms. The molecule has 2 atom stereocenters. The molecule has 0 bridgehead atoms. The van der Waals surface area contributed by atoms with Crippen LogP contribution in [0.2, 0.25) is 0 Å². The Balaban J connectivity index is 1.38. The van der Waals surface area contributed by atoms with Crippen LogP contribution in [0, 0.1) is 11.8 Å². The maximum absolute atomic E-state index is 13.3. The van der Waals surface area contributed by atoms with Gasteiger partial charge in [-0.25, -0.2) is 0 Å². The third-order valence-corrected chi connectivity index (χ3v) is 7.26. The van der Waals surface area contributed by atoms with Gasteiger partial charge < -0.3 is 29.2 Å². The summed E-state index contributed by atoms with van der Waals surface area (Å²) in [7, 11) is 2.87. The van der Waals surface area contributed by atoms with Gasteiger partial charge in [0.1, 0.15) is 12.7 Å². The molecule has 9 nitrogen and oxygen atoms in total. The lowest BCUT2D eigenvalue weighted by Crippen LogP contribution is -2.62. The number of hydrogen-bond donors (Lipinski definition) is 1. The summed E-state index contributed by atoms with van der Waals surface area (Å²) >= 11 is 0. The van der Waals surface area contributed by atoms with Crippen molar-refractivity contribution >= 4 is 17.6 Å². The number of nitrogens with one attached hydrogen (secondary N) is 1. The summed E-state index contributed by atoms with van der Waals surface area (Å²) in [6.45, 7) is 3.50. The first-order chi connectivity index (χ1) is 19.3. The van der Waals surface area contributed by atoms with Gasteiger partial charge in [-0.15, -0.1) is 0 Å². The van der Waals surface area contributed by atoms with Crippen molar-refractivity contribution in [2.75, 3.05) is 40.5 Å². The Morgan fingerprint density at radius 2 is 1.65 bits per heavy atom. The van der Waals surface area contributed by atoms with Crippen molar-refractivity contribution in [2.24, 2.45) is 0 Å². The number of rotatable bonds is 10. The first kappa shape index (κ1) is 29.4. The molecule has 1 unspecified atom stereocenters. The standard InChI is InChI=1S/C31H36N2O7/c1-31(30(36)32-2,27(34)21-40-28-6-4-5-17-38-28)33(3)29(35)25-15-13-23(14-16-25)8-7-22-9-11-24(12-10-22)18-39-26-19-37-20-26/h9-16,26,28H,4-6,17-21H2,1-3H3,(H,32,36)/t28?,31-/m1/s1. The fourth-order valence-electron chi connectivity index (χ4n) is 4.31. The average Bonchev–Trinajstić information content (AvgIpc) is 2.97. The minimum absolute atomic E-state index is 0.183. The van der Waals surface area contributed by atoms with Crippen LogP contribution in [0.4, 0.5) is 0 Å². The molecule has 2 amide bonds. The van der Waals surface area contributed by atoms with Crippen molar-refractivity contribution in [3.8, 4) is 11.8 Å². The smallest absolute Gasteiger partial charge is 0.254 e. The van der Waals surface area contributed by atoms with Crippen molar-refractivity contribution in [1.29, 1.82) is 0 Å². The van der Waals surface area contributed by atoms with E-state index in [-0.39, 0.29) is 12.7 Å². The lowest BCUT2D eigenvalue weighted by Gasteiger charge is -2.36. The van der Waals surface area contributed by atoms with Gasteiger partial charge in [0.25, 0.3) is 11.8 Å². The van der Waals surface area contributed by atoms with Gasteiger partial charge in [-0.2, -0.15) is 0 Å². The second-order valence-corrected chi connectivity index (χ2v) is 10.0. The molecule has 0 aromatic heterocycles. The van der Waals surface area contributed by atoms with Gasteiger partial charge >= 0.3 is 0 Å². The largest absolute Gasteiger partial charge is 0.376 e. The van der Waals surface area contributed by atoms with E-state index in [4.69, 9.17) is 18.9 Å². The Morgan fingerprint density at radius 1 is 1.00 bits per heavy atom. The van der Waals surface area contributed by atoms with E-state index < -0.39 is 29.4 Å². The maximum atomic E-state index is 13.3. The van der Waals surface area contributed by atoms with Crippen LogP contribution < -0.4 is 5.32 Å². The zero-order chi connectivity index (χ0) is 28.5. The third kappa shape index (κ3) is 7.14. The van der Waals surface area contributed by atoms with E-state index in [1.165, 1.54) is 21.0 Å². The zero-order valence-electron chi connectivity index (χ0n) is 23.2. The van der Waals surface area contributed by atoms with Crippen LogP contribution in [0.5, 0.6) is 0 Å². The van der Waals surface area contributed by atoms with Crippen LogP contribution in [0.3, 0.4) is 0 Å².